The van der Waals surface area contributed by atoms with Crippen LogP contribution in [0, 0.1) is 17.8 Å². The second kappa shape index (κ2) is 6.01. The van der Waals surface area contributed by atoms with E-state index in [-0.39, 0.29) is 29.8 Å². The number of benzene rings is 1. The van der Waals surface area contributed by atoms with Crippen LogP contribution in [0.1, 0.15) is 30.6 Å². The van der Waals surface area contributed by atoms with Crippen molar-refractivity contribution in [1.82, 2.24) is 9.88 Å². The van der Waals surface area contributed by atoms with Crippen LogP contribution in [-0.2, 0) is 16.0 Å². The molecule has 1 unspecified atom stereocenters. The number of halogens is 1. The number of ether oxygens (including phenoxy) is 1. The number of carbonyl (C=O) groups is 1. The van der Waals surface area contributed by atoms with Crippen LogP contribution in [0.25, 0.3) is 10.9 Å². The second-order valence-electron chi connectivity index (χ2n) is 8.06. The lowest BCUT2D eigenvalue weighted by molar-refractivity contribution is -0.137. The first kappa shape index (κ1) is 17.1. The monoisotopic (exact) mass is 386 g/mol. The van der Waals surface area contributed by atoms with Crippen LogP contribution in [0.15, 0.2) is 30.0 Å². The van der Waals surface area contributed by atoms with Gasteiger partial charge in [0.1, 0.15) is 0 Å². The number of hydrogen-bond acceptors (Lipinski definition) is 4. The Morgan fingerprint density at radius 3 is 3.00 bits per heavy atom. The first-order valence-corrected chi connectivity index (χ1v) is 9.91. The van der Waals surface area contributed by atoms with Crippen LogP contribution in [0.5, 0.6) is 0 Å². The van der Waals surface area contributed by atoms with E-state index in [9.17, 15) is 9.90 Å². The molecule has 3 aliphatic rings. The van der Waals surface area contributed by atoms with E-state index in [4.69, 9.17) is 16.3 Å². The minimum absolute atomic E-state index is 0.0182. The van der Waals surface area contributed by atoms with E-state index in [1.54, 1.807) is 0 Å². The molecule has 1 saturated carbocycles. The van der Waals surface area contributed by atoms with Gasteiger partial charge in [-0.15, -0.1) is 0 Å². The minimum Gasteiger partial charge on any atom is -0.466 e. The number of aromatic nitrogens is 1. The lowest BCUT2D eigenvalue weighted by Crippen LogP contribution is -2.44. The van der Waals surface area contributed by atoms with E-state index in [1.807, 2.05) is 24.4 Å². The predicted molar refractivity (Wildman–Crippen MR) is 103 cm³/mol. The zero-order valence-electron chi connectivity index (χ0n) is 15.4. The zero-order valence-corrected chi connectivity index (χ0v) is 16.2. The summed E-state index contributed by atoms with van der Waals surface area (Å²) >= 11 is 6.24. The Morgan fingerprint density at radius 2 is 2.22 bits per heavy atom. The van der Waals surface area contributed by atoms with Crippen molar-refractivity contribution in [2.45, 2.75) is 31.9 Å². The van der Waals surface area contributed by atoms with Crippen LogP contribution in [0.4, 0.5) is 0 Å². The maximum Gasteiger partial charge on any atom is 0.335 e. The number of esters is 1. The molecule has 0 radical (unpaired) electrons. The van der Waals surface area contributed by atoms with Gasteiger partial charge in [-0.1, -0.05) is 18.5 Å². The predicted octanol–water partition coefficient (Wildman–Crippen LogP) is 3.42. The second-order valence-corrected chi connectivity index (χ2v) is 8.50. The molecule has 5 nitrogen and oxygen atoms in total. The number of carbonyl (C=O) groups excluding carboxylic acids is 1. The van der Waals surface area contributed by atoms with Gasteiger partial charge in [-0.3, -0.25) is 0 Å². The molecule has 6 heteroatoms. The van der Waals surface area contributed by atoms with Gasteiger partial charge in [0.25, 0.3) is 0 Å². The molecule has 142 valence electrons. The summed E-state index contributed by atoms with van der Waals surface area (Å²) in [5.41, 5.74) is 4.31. The smallest absolute Gasteiger partial charge is 0.335 e. The van der Waals surface area contributed by atoms with Gasteiger partial charge in [0.15, 0.2) is 0 Å². The highest BCUT2D eigenvalue weighted by molar-refractivity contribution is 6.31. The van der Waals surface area contributed by atoms with Crippen LogP contribution in [0.2, 0.25) is 5.02 Å². The largest absolute Gasteiger partial charge is 0.466 e. The number of nitrogens with one attached hydrogen (secondary N) is 1. The van der Waals surface area contributed by atoms with Crippen molar-refractivity contribution in [3.63, 3.8) is 0 Å². The van der Waals surface area contributed by atoms with Crippen LogP contribution in [0.3, 0.4) is 0 Å². The average Bonchev–Trinajstić information content (AvgIpc) is 3.17. The fourth-order valence-corrected chi connectivity index (χ4v) is 5.73. The molecule has 1 aliphatic carbocycles. The molecular weight excluding hydrogens is 364 g/mol. The lowest BCUT2D eigenvalue weighted by atomic mass is 9.74. The summed E-state index contributed by atoms with van der Waals surface area (Å²) in [7, 11) is 1.43. The van der Waals surface area contributed by atoms with Gasteiger partial charge in [0.05, 0.1) is 24.8 Å². The number of hydrogen-bond donors (Lipinski definition) is 2. The Hall–Kier alpha value is -1.98. The number of fused-ring (bicyclic) bond motifs is 7. The Kier molecular flexibility index (Phi) is 3.82. The van der Waals surface area contributed by atoms with Gasteiger partial charge in [0, 0.05) is 40.3 Å². The average molecular weight is 387 g/mol. The van der Waals surface area contributed by atoms with Crippen molar-refractivity contribution in [2.75, 3.05) is 13.7 Å². The fourth-order valence-electron chi connectivity index (χ4n) is 5.56. The van der Waals surface area contributed by atoms with Gasteiger partial charge in [-0.25, -0.2) is 4.79 Å². The number of nitrogens with zero attached hydrogens (tertiary/aromatic N) is 1. The molecule has 2 N–H and O–H groups in total. The SMILES string of the molecule is COC(=O)C1=CN2CCc3c([nH]c4ccc(Cl)cc34)C2[C@@H]2[C@@H](C)[C@@H](O)C[C@H]12. The molecule has 27 heavy (non-hydrogen) atoms. The number of aliphatic hydroxyl groups excluding tert-OH is 1. The van der Waals surface area contributed by atoms with Crippen LogP contribution >= 0.6 is 11.6 Å². The summed E-state index contributed by atoms with van der Waals surface area (Å²) in [4.78, 5) is 18.3. The minimum atomic E-state index is -0.405. The van der Waals surface area contributed by atoms with Gasteiger partial charge in [-0.05, 0) is 48.4 Å². The number of aromatic amines is 1. The quantitative estimate of drug-likeness (QED) is 0.737. The molecule has 1 aromatic carbocycles. The van der Waals surface area contributed by atoms with E-state index >= 15 is 0 Å². The molecule has 3 heterocycles. The molecule has 0 amide bonds. The summed E-state index contributed by atoms with van der Waals surface area (Å²) < 4.78 is 5.04. The van der Waals surface area contributed by atoms with E-state index in [1.165, 1.54) is 23.8 Å². The maximum atomic E-state index is 12.4. The number of aliphatic hydroxyl groups is 1. The van der Waals surface area contributed by atoms with E-state index in [2.05, 4.69) is 16.8 Å². The molecule has 5 rings (SSSR count). The lowest BCUT2D eigenvalue weighted by Gasteiger charge is -2.46. The third kappa shape index (κ3) is 2.38. The third-order valence-corrected chi connectivity index (χ3v) is 7.07. The third-order valence-electron chi connectivity index (χ3n) is 6.84. The number of H-pyrrole nitrogens is 1. The van der Waals surface area contributed by atoms with Crippen LogP contribution < -0.4 is 0 Å². The first-order chi connectivity index (χ1) is 13.0. The number of rotatable bonds is 1. The van der Waals surface area contributed by atoms with Gasteiger partial charge in [0.2, 0.25) is 0 Å². The normalized spacial score (nSPS) is 31.9. The highest BCUT2D eigenvalue weighted by Crippen LogP contribution is 2.54. The summed E-state index contributed by atoms with van der Waals surface area (Å²) in [5, 5.41) is 12.5. The van der Waals surface area contributed by atoms with Crippen molar-refractivity contribution >= 4 is 28.5 Å². The van der Waals surface area contributed by atoms with Crippen molar-refractivity contribution in [1.29, 1.82) is 0 Å². The van der Waals surface area contributed by atoms with Gasteiger partial charge in [-0.2, -0.15) is 0 Å². The highest BCUT2D eigenvalue weighted by Gasteiger charge is 2.53. The summed E-state index contributed by atoms with van der Waals surface area (Å²) in [6, 6.07) is 6.10. The van der Waals surface area contributed by atoms with Gasteiger partial charge >= 0.3 is 5.97 Å². The van der Waals surface area contributed by atoms with Crippen molar-refractivity contribution in [3.05, 3.63) is 46.3 Å². The molecule has 0 spiro atoms. The van der Waals surface area contributed by atoms with Crippen molar-refractivity contribution in [2.24, 2.45) is 17.8 Å². The Balaban J connectivity index is 1.68. The molecule has 0 bridgehead atoms. The molecule has 2 aromatic rings. The molecular formula is C21H23ClN2O3. The van der Waals surface area contributed by atoms with E-state index < -0.39 is 6.10 Å². The molecule has 0 saturated heterocycles. The van der Waals surface area contributed by atoms with Crippen LogP contribution in [-0.4, -0.2) is 40.7 Å². The number of methoxy groups -OCH3 is 1. The van der Waals surface area contributed by atoms with E-state index in [0.717, 1.165) is 23.5 Å². The fraction of sp³-hybridized carbons (Fsp3) is 0.476. The summed E-state index contributed by atoms with van der Waals surface area (Å²) in [5.74, 6) is 0.0158. The summed E-state index contributed by atoms with van der Waals surface area (Å²) in [6.07, 6.45) is 3.07. The van der Waals surface area contributed by atoms with E-state index in [0.29, 0.717) is 12.0 Å². The summed E-state index contributed by atoms with van der Waals surface area (Å²) in [6.45, 7) is 2.94. The molecule has 1 aromatic heterocycles. The Morgan fingerprint density at radius 1 is 1.41 bits per heavy atom. The Labute approximate surface area is 162 Å². The van der Waals surface area contributed by atoms with Crippen molar-refractivity contribution < 1.29 is 14.6 Å². The van der Waals surface area contributed by atoms with Crippen molar-refractivity contribution in [3.8, 4) is 0 Å². The highest BCUT2D eigenvalue weighted by atomic mass is 35.5. The Bertz CT molecular complexity index is 966. The molecule has 1 fully saturated rings. The van der Waals surface area contributed by atoms with Gasteiger partial charge < -0.3 is 19.7 Å². The maximum absolute atomic E-state index is 12.4. The first-order valence-electron chi connectivity index (χ1n) is 9.53. The molecule has 5 atom stereocenters. The topological polar surface area (TPSA) is 65.6 Å². The zero-order chi connectivity index (χ0) is 18.9. The standard InChI is InChI=1S/C21H23ClN2O3/c1-10-17(25)8-14-15(21(26)27-2)9-24-6-5-12-13-7-11(22)3-4-16(13)23-19(12)20(24)18(10)14/h3-4,7,9-10,14,17-18,20,23,25H,5-6,8H2,1-2H3/t10-,14+,17-,18+,20?/m0/s1. The molecule has 2 aliphatic heterocycles.